The van der Waals surface area contributed by atoms with Gasteiger partial charge >= 0.3 is 0 Å². The van der Waals surface area contributed by atoms with E-state index in [2.05, 4.69) is 55.3 Å². The van der Waals surface area contributed by atoms with E-state index < -0.39 is 8.07 Å². The molecule has 1 atom stereocenters. The van der Waals surface area contributed by atoms with Gasteiger partial charge in [-0.3, -0.25) is 0 Å². The summed E-state index contributed by atoms with van der Waals surface area (Å²) in [5, 5.41) is 3.92. The maximum Gasteiger partial charge on any atom is 0.0818 e. The van der Waals surface area contributed by atoms with Crippen molar-refractivity contribution >= 4 is 25.3 Å². The van der Waals surface area contributed by atoms with Gasteiger partial charge in [-0.2, -0.15) is 0 Å². The molecule has 1 aromatic rings. The van der Waals surface area contributed by atoms with Crippen LogP contribution in [0.25, 0.3) is 0 Å². The lowest BCUT2D eigenvalue weighted by Crippen LogP contribution is -2.55. The van der Waals surface area contributed by atoms with Gasteiger partial charge in [0.1, 0.15) is 0 Å². The van der Waals surface area contributed by atoms with Gasteiger partial charge in [0.2, 0.25) is 0 Å². The van der Waals surface area contributed by atoms with E-state index in [1.54, 1.807) is 0 Å². The summed E-state index contributed by atoms with van der Waals surface area (Å²) in [6, 6.07) is 11.0. The summed E-state index contributed by atoms with van der Waals surface area (Å²) in [6.45, 7) is 7.37. The van der Waals surface area contributed by atoms with Crippen molar-refractivity contribution in [3.8, 4) is 0 Å². The second-order valence-corrected chi connectivity index (χ2v) is 15.6. The third-order valence-corrected chi connectivity index (χ3v) is 9.55. The van der Waals surface area contributed by atoms with Crippen LogP contribution in [0.4, 0.5) is 0 Å². The second-order valence-electron chi connectivity index (χ2n) is 9.88. The first-order valence-electron chi connectivity index (χ1n) is 9.72. The number of hydrogen-bond donors (Lipinski definition) is 1. The Bertz CT molecular complexity index is 583. The first-order chi connectivity index (χ1) is 11.4. The molecule has 1 N–H and O–H groups in total. The molecule has 0 spiro atoms. The Hall–Kier alpha value is -0.673. The van der Waals surface area contributed by atoms with Crippen LogP contribution in [-0.4, -0.2) is 13.1 Å². The molecule has 0 aromatic heterocycles. The summed E-state index contributed by atoms with van der Waals surface area (Å²) in [4.78, 5) is 1.21. The van der Waals surface area contributed by atoms with Gasteiger partial charge in [-0.25, -0.2) is 0 Å². The standard InChI is InChI=1S/C21H31NSSi/c1-24(2,3)19(18-7-5-4-6-8-18)22-20(23)21-12-15-9-16(13-21)11-17(10-15)14-21/h4-8,15-17,19H,9-14H2,1-3H3,(H,22,23). The monoisotopic (exact) mass is 357 g/mol. The fraction of sp³-hybridized carbons (Fsp3) is 0.667. The molecule has 4 aliphatic rings. The zero-order valence-corrected chi connectivity index (χ0v) is 17.2. The lowest BCUT2D eigenvalue weighted by Gasteiger charge is -2.57. The van der Waals surface area contributed by atoms with Crippen LogP contribution < -0.4 is 5.32 Å². The predicted octanol–water partition coefficient (Wildman–Crippen LogP) is 5.74. The van der Waals surface area contributed by atoms with E-state index in [4.69, 9.17) is 12.2 Å². The van der Waals surface area contributed by atoms with E-state index in [9.17, 15) is 0 Å². The first kappa shape index (κ1) is 16.8. The average Bonchev–Trinajstić information content (AvgIpc) is 2.50. The normalized spacial score (nSPS) is 35.7. The highest BCUT2D eigenvalue weighted by Gasteiger charge is 2.53. The molecular formula is C21H31NSSi. The lowest BCUT2D eigenvalue weighted by molar-refractivity contribution is -0.0127. The van der Waals surface area contributed by atoms with Gasteiger partial charge in [0.25, 0.3) is 0 Å². The minimum atomic E-state index is -1.40. The molecule has 1 aromatic carbocycles. The molecule has 1 unspecified atom stereocenters. The molecule has 0 heterocycles. The van der Waals surface area contributed by atoms with Crippen molar-refractivity contribution in [2.45, 2.75) is 63.8 Å². The van der Waals surface area contributed by atoms with Crippen molar-refractivity contribution in [1.29, 1.82) is 0 Å². The molecule has 3 heteroatoms. The van der Waals surface area contributed by atoms with Gasteiger partial charge in [0.05, 0.1) is 13.1 Å². The fourth-order valence-electron chi connectivity index (χ4n) is 6.12. The van der Waals surface area contributed by atoms with Crippen LogP contribution in [0.15, 0.2) is 30.3 Å². The molecule has 0 saturated heterocycles. The Morgan fingerprint density at radius 3 is 1.96 bits per heavy atom. The van der Waals surface area contributed by atoms with E-state index in [1.165, 1.54) is 49.1 Å². The van der Waals surface area contributed by atoms with E-state index >= 15 is 0 Å². The molecule has 4 aliphatic carbocycles. The molecule has 1 nitrogen and oxygen atoms in total. The lowest BCUT2D eigenvalue weighted by atomic mass is 9.49. The molecule has 24 heavy (non-hydrogen) atoms. The molecule has 4 saturated carbocycles. The maximum atomic E-state index is 6.10. The molecule has 0 radical (unpaired) electrons. The molecule has 5 rings (SSSR count). The number of thiocarbonyl (C=S) groups is 1. The van der Waals surface area contributed by atoms with Crippen molar-refractivity contribution in [2.75, 3.05) is 0 Å². The summed E-state index contributed by atoms with van der Waals surface area (Å²) < 4.78 is 0. The third kappa shape index (κ3) is 2.99. The number of hydrogen-bond acceptors (Lipinski definition) is 1. The average molecular weight is 358 g/mol. The summed E-state index contributed by atoms with van der Waals surface area (Å²) >= 11 is 6.10. The number of rotatable bonds is 4. The molecule has 0 amide bonds. The SMILES string of the molecule is C[Si](C)(C)C(NC(=S)C12CC3CC(CC(C3)C1)C2)c1ccccc1. The summed E-state index contributed by atoms with van der Waals surface area (Å²) in [6.07, 6.45) is 8.53. The highest BCUT2D eigenvalue weighted by Crippen LogP contribution is 2.60. The summed E-state index contributed by atoms with van der Waals surface area (Å²) in [5.74, 6) is 2.87. The quantitative estimate of drug-likeness (QED) is 0.545. The Labute approximate surface area is 153 Å². The topological polar surface area (TPSA) is 12.0 Å². The zero-order chi connectivity index (χ0) is 16.9. The van der Waals surface area contributed by atoms with Crippen LogP contribution in [0.5, 0.6) is 0 Å². The minimum Gasteiger partial charge on any atom is -0.375 e. The van der Waals surface area contributed by atoms with E-state index in [0.29, 0.717) is 11.1 Å². The van der Waals surface area contributed by atoms with E-state index in [0.717, 1.165) is 17.8 Å². The van der Waals surface area contributed by atoms with Crippen molar-refractivity contribution in [2.24, 2.45) is 23.2 Å². The van der Waals surface area contributed by atoms with Gasteiger partial charge in [-0.05, 0) is 61.8 Å². The van der Waals surface area contributed by atoms with Crippen molar-refractivity contribution in [3.05, 3.63) is 35.9 Å². The summed E-state index contributed by atoms with van der Waals surface area (Å²) in [5.41, 5.74) is 2.18. The van der Waals surface area contributed by atoms with Crippen molar-refractivity contribution in [3.63, 3.8) is 0 Å². The number of benzene rings is 1. The van der Waals surface area contributed by atoms with Crippen LogP contribution in [0.2, 0.25) is 19.6 Å². The largest absolute Gasteiger partial charge is 0.375 e. The highest BCUT2D eigenvalue weighted by molar-refractivity contribution is 7.80. The smallest absolute Gasteiger partial charge is 0.0818 e. The van der Waals surface area contributed by atoms with E-state index in [1.807, 2.05) is 0 Å². The van der Waals surface area contributed by atoms with Crippen LogP contribution in [0.1, 0.15) is 49.8 Å². The van der Waals surface area contributed by atoms with Gasteiger partial charge in [-0.1, -0.05) is 62.2 Å². The van der Waals surface area contributed by atoms with Gasteiger partial charge < -0.3 is 5.32 Å². The van der Waals surface area contributed by atoms with Crippen molar-refractivity contribution in [1.82, 2.24) is 5.32 Å². The van der Waals surface area contributed by atoms with E-state index in [-0.39, 0.29) is 0 Å². The van der Waals surface area contributed by atoms with Gasteiger partial charge in [0.15, 0.2) is 0 Å². The second kappa shape index (κ2) is 5.95. The third-order valence-electron chi connectivity index (χ3n) is 6.79. The minimum absolute atomic E-state index is 0.330. The van der Waals surface area contributed by atoms with Gasteiger partial charge in [-0.15, -0.1) is 0 Å². The molecule has 4 bridgehead atoms. The van der Waals surface area contributed by atoms with Gasteiger partial charge in [0, 0.05) is 11.1 Å². The van der Waals surface area contributed by atoms with Crippen molar-refractivity contribution < 1.29 is 0 Å². The molecule has 0 aliphatic heterocycles. The van der Waals surface area contributed by atoms with Crippen LogP contribution in [-0.2, 0) is 0 Å². The number of nitrogens with one attached hydrogen (secondary N) is 1. The summed E-state index contributed by atoms with van der Waals surface area (Å²) in [7, 11) is -1.40. The molecule has 130 valence electrons. The Morgan fingerprint density at radius 1 is 1.00 bits per heavy atom. The Kier molecular flexibility index (Phi) is 4.16. The Balaban J connectivity index is 1.58. The molecular weight excluding hydrogens is 326 g/mol. The van der Waals surface area contributed by atoms with Crippen LogP contribution >= 0.6 is 12.2 Å². The maximum absolute atomic E-state index is 6.10. The Morgan fingerprint density at radius 2 is 1.50 bits per heavy atom. The fourth-order valence-corrected chi connectivity index (χ4v) is 8.36. The highest BCUT2D eigenvalue weighted by atomic mass is 32.1. The first-order valence-corrected chi connectivity index (χ1v) is 13.7. The van der Waals surface area contributed by atoms with Crippen LogP contribution in [0, 0.1) is 23.2 Å². The zero-order valence-electron chi connectivity index (χ0n) is 15.3. The molecule has 4 fully saturated rings. The van der Waals surface area contributed by atoms with Crippen LogP contribution in [0.3, 0.4) is 0 Å². The predicted molar refractivity (Wildman–Crippen MR) is 109 cm³/mol.